The minimum atomic E-state index is -1.79. The maximum absolute atomic E-state index is 10.1. The smallest absolute Gasteiger partial charge is 0.192 e. The van der Waals surface area contributed by atoms with Gasteiger partial charge in [0.25, 0.3) is 0 Å². The third-order valence-electron chi connectivity index (χ3n) is 3.95. The Kier molecular flexibility index (Phi) is 5.18. The predicted octanol–water partition coefficient (Wildman–Crippen LogP) is 3.19. The van der Waals surface area contributed by atoms with Gasteiger partial charge in [-0.15, -0.1) is 0 Å². The van der Waals surface area contributed by atoms with E-state index in [1.165, 1.54) is 0 Å². The van der Waals surface area contributed by atoms with Crippen LogP contribution in [0.4, 0.5) is 5.69 Å². The van der Waals surface area contributed by atoms with Crippen molar-refractivity contribution in [2.24, 2.45) is 0 Å². The zero-order chi connectivity index (χ0) is 14.7. The maximum atomic E-state index is 10.1. The molecule has 1 aromatic carbocycles. The Bertz CT molecular complexity index is 413. The minimum absolute atomic E-state index is 0.165. The standard InChI is InChI=1S/C15H27NO2Si/c1-15(2,3)19(4,5)18-11-13(17)10-12-8-6-7-9-14(12)16/h6-9,13,17H,10-11,16H2,1-5H3. The summed E-state index contributed by atoms with van der Waals surface area (Å²) >= 11 is 0. The molecule has 0 saturated carbocycles. The van der Waals surface area contributed by atoms with E-state index >= 15 is 0 Å². The Balaban J connectivity index is 2.53. The van der Waals surface area contributed by atoms with E-state index in [-0.39, 0.29) is 5.04 Å². The van der Waals surface area contributed by atoms with E-state index in [1.54, 1.807) is 0 Å². The van der Waals surface area contributed by atoms with Crippen molar-refractivity contribution in [3.05, 3.63) is 29.8 Å². The summed E-state index contributed by atoms with van der Waals surface area (Å²) in [4.78, 5) is 0. The van der Waals surface area contributed by atoms with E-state index in [1.807, 2.05) is 24.3 Å². The lowest BCUT2D eigenvalue weighted by Crippen LogP contribution is -2.42. The second kappa shape index (κ2) is 6.07. The molecule has 3 nitrogen and oxygen atoms in total. The van der Waals surface area contributed by atoms with Gasteiger partial charge in [-0.1, -0.05) is 39.0 Å². The third-order valence-corrected chi connectivity index (χ3v) is 8.45. The van der Waals surface area contributed by atoms with Gasteiger partial charge < -0.3 is 15.3 Å². The topological polar surface area (TPSA) is 55.5 Å². The van der Waals surface area contributed by atoms with Gasteiger partial charge in [-0.05, 0) is 29.8 Å². The average molecular weight is 281 g/mol. The molecule has 19 heavy (non-hydrogen) atoms. The first-order valence-electron chi connectivity index (χ1n) is 6.79. The van der Waals surface area contributed by atoms with Crippen molar-refractivity contribution < 1.29 is 9.53 Å². The van der Waals surface area contributed by atoms with Gasteiger partial charge in [0, 0.05) is 12.1 Å². The molecular weight excluding hydrogens is 254 g/mol. The molecule has 0 bridgehead atoms. The van der Waals surface area contributed by atoms with Crippen molar-refractivity contribution in [1.29, 1.82) is 0 Å². The highest BCUT2D eigenvalue weighted by molar-refractivity contribution is 6.74. The van der Waals surface area contributed by atoms with Gasteiger partial charge in [0.2, 0.25) is 0 Å². The molecule has 1 aromatic rings. The van der Waals surface area contributed by atoms with Gasteiger partial charge in [0.05, 0.1) is 12.7 Å². The largest absolute Gasteiger partial charge is 0.414 e. The second-order valence-corrected chi connectivity index (χ2v) is 11.4. The number of nitrogen functional groups attached to an aromatic ring is 1. The van der Waals surface area contributed by atoms with Crippen LogP contribution in [0.3, 0.4) is 0 Å². The maximum Gasteiger partial charge on any atom is 0.192 e. The minimum Gasteiger partial charge on any atom is -0.414 e. The summed E-state index contributed by atoms with van der Waals surface area (Å²) in [7, 11) is -1.79. The number of rotatable bonds is 5. The van der Waals surface area contributed by atoms with Gasteiger partial charge >= 0.3 is 0 Å². The summed E-state index contributed by atoms with van der Waals surface area (Å²) < 4.78 is 6.02. The molecule has 0 radical (unpaired) electrons. The molecule has 0 aliphatic heterocycles. The fourth-order valence-corrected chi connectivity index (χ4v) is 2.60. The van der Waals surface area contributed by atoms with E-state index in [4.69, 9.17) is 10.2 Å². The Labute approximate surface area is 117 Å². The lowest BCUT2D eigenvalue weighted by atomic mass is 10.1. The monoisotopic (exact) mass is 281 g/mol. The molecular formula is C15H27NO2Si. The van der Waals surface area contributed by atoms with Gasteiger partial charge in [-0.25, -0.2) is 0 Å². The molecule has 0 spiro atoms. The molecule has 3 N–H and O–H groups in total. The van der Waals surface area contributed by atoms with Crippen LogP contribution in [0.2, 0.25) is 18.1 Å². The van der Waals surface area contributed by atoms with E-state index < -0.39 is 14.4 Å². The molecule has 0 aliphatic rings. The molecule has 1 unspecified atom stereocenters. The van der Waals surface area contributed by atoms with Crippen LogP contribution >= 0.6 is 0 Å². The summed E-state index contributed by atoms with van der Waals surface area (Å²) in [6, 6.07) is 7.64. The highest BCUT2D eigenvalue weighted by atomic mass is 28.4. The molecule has 0 aliphatic carbocycles. The fraction of sp³-hybridized carbons (Fsp3) is 0.600. The van der Waals surface area contributed by atoms with Crippen LogP contribution in [0.5, 0.6) is 0 Å². The zero-order valence-corrected chi connectivity index (χ0v) is 13.7. The zero-order valence-electron chi connectivity index (χ0n) is 12.7. The number of benzene rings is 1. The van der Waals surface area contributed by atoms with Crippen LogP contribution in [0.15, 0.2) is 24.3 Å². The number of aliphatic hydroxyl groups is 1. The van der Waals surface area contributed by atoms with Crippen molar-refractivity contribution in [1.82, 2.24) is 0 Å². The molecule has 4 heteroatoms. The Morgan fingerprint density at radius 1 is 1.26 bits per heavy atom. The van der Waals surface area contributed by atoms with E-state index in [0.717, 1.165) is 11.3 Å². The quantitative estimate of drug-likeness (QED) is 0.644. The molecule has 0 aromatic heterocycles. The third kappa shape index (κ3) is 4.64. The van der Waals surface area contributed by atoms with E-state index in [2.05, 4.69) is 33.9 Å². The van der Waals surface area contributed by atoms with Crippen molar-refractivity contribution >= 4 is 14.0 Å². The first-order chi connectivity index (χ1) is 8.63. The molecule has 0 amide bonds. The molecule has 0 saturated heterocycles. The van der Waals surface area contributed by atoms with Crippen molar-refractivity contribution in [3.8, 4) is 0 Å². The van der Waals surface area contributed by atoms with Gasteiger partial charge in [0.1, 0.15) is 0 Å². The molecule has 0 heterocycles. The van der Waals surface area contributed by atoms with Gasteiger partial charge in [-0.2, -0.15) is 0 Å². The summed E-state index contributed by atoms with van der Waals surface area (Å²) in [5.74, 6) is 0. The van der Waals surface area contributed by atoms with Crippen LogP contribution in [-0.4, -0.2) is 26.1 Å². The molecule has 108 valence electrons. The summed E-state index contributed by atoms with van der Waals surface area (Å²) in [6.45, 7) is 11.3. The fourth-order valence-electron chi connectivity index (χ4n) is 1.55. The summed E-state index contributed by atoms with van der Waals surface area (Å²) in [6.07, 6.45) is 0.0419. The number of hydrogen-bond donors (Lipinski definition) is 2. The van der Waals surface area contributed by atoms with Gasteiger partial charge in [-0.3, -0.25) is 0 Å². The summed E-state index contributed by atoms with van der Waals surface area (Å²) in [5.41, 5.74) is 7.59. The molecule has 0 fully saturated rings. The predicted molar refractivity (Wildman–Crippen MR) is 83.7 cm³/mol. The first kappa shape index (κ1) is 16.2. The SMILES string of the molecule is CC(C)(C)[Si](C)(C)OCC(O)Cc1ccccc1N. The van der Waals surface area contributed by atoms with Crippen LogP contribution < -0.4 is 5.73 Å². The number of hydrogen-bond acceptors (Lipinski definition) is 3. The van der Waals surface area contributed by atoms with Gasteiger partial charge in [0.15, 0.2) is 8.32 Å². The first-order valence-corrected chi connectivity index (χ1v) is 9.70. The van der Waals surface area contributed by atoms with E-state index in [0.29, 0.717) is 13.0 Å². The Morgan fingerprint density at radius 2 is 1.84 bits per heavy atom. The average Bonchev–Trinajstić information content (AvgIpc) is 2.28. The number of aliphatic hydroxyl groups excluding tert-OH is 1. The van der Waals surface area contributed by atoms with Crippen LogP contribution in [0.1, 0.15) is 26.3 Å². The Morgan fingerprint density at radius 3 is 2.37 bits per heavy atom. The van der Waals surface area contributed by atoms with Crippen LogP contribution in [-0.2, 0) is 10.8 Å². The summed E-state index contributed by atoms with van der Waals surface area (Å²) in [5, 5.41) is 10.3. The number of anilines is 1. The van der Waals surface area contributed by atoms with Crippen LogP contribution in [0.25, 0.3) is 0 Å². The van der Waals surface area contributed by atoms with Crippen molar-refractivity contribution in [2.45, 2.75) is 51.4 Å². The van der Waals surface area contributed by atoms with E-state index in [9.17, 15) is 5.11 Å². The number of para-hydroxylation sites is 1. The lowest BCUT2D eigenvalue weighted by Gasteiger charge is -2.36. The highest BCUT2D eigenvalue weighted by Crippen LogP contribution is 2.36. The normalized spacial score (nSPS) is 14.4. The lowest BCUT2D eigenvalue weighted by molar-refractivity contribution is 0.100. The highest BCUT2D eigenvalue weighted by Gasteiger charge is 2.37. The Hall–Kier alpha value is -0.843. The molecule has 1 rings (SSSR count). The second-order valence-electron chi connectivity index (χ2n) is 6.63. The van der Waals surface area contributed by atoms with Crippen molar-refractivity contribution in [3.63, 3.8) is 0 Å². The van der Waals surface area contributed by atoms with Crippen LogP contribution in [0, 0.1) is 0 Å². The molecule has 1 atom stereocenters. The number of nitrogens with two attached hydrogens (primary N) is 1. The van der Waals surface area contributed by atoms with Crippen molar-refractivity contribution in [2.75, 3.05) is 12.3 Å².